The van der Waals surface area contributed by atoms with Gasteiger partial charge in [0.25, 0.3) is 0 Å². The zero-order valence-electron chi connectivity index (χ0n) is 9.56. The fraction of sp³-hybridized carbons (Fsp3) is 0.267. The van der Waals surface area contributed by atoms with E-state index in [4.69, 9.17) is 4.74 Å². The Kier molecular flexibility index (Phi) is 2.56. The molecule has 2 heteroatoms. The van der Waals surface area contributed by atoms with Crippen molar-refractivity contribution in [2.24, 2.45) is 0 Å². The van der Waals surface area contributed by atoms with Crippen molar-refractivity contribution in [3.63, 3.8) is 0 Å². The number of carbonyl (C=O) groups excluding carboxylic acids is 1. The van der Waals surface area contributed by atoms with Gasteiger partial charge < -0.3 is 4.74 Å². The van der Waals surface area contributed by atoms with Crippen LogP contribution in [0.1, 0.15) is 19.3 Å². The van der Waals surface area contributed by atoms with Crippen LogP contribution in [0.3, 0.4) is 0 Å². The maximum atomic E-state index is 11.2. The Morgan fingerprint density at radius 3 is 2.71 bits per heavy atom. The van der Waals surface area contributed by atoms with Crippen LogP contribution in [0.4, 0.5) is 0 Å². The van der Waals surface area contributed by atoms with Crippen LogP contribution in [0.5, 0.6) is 5.75 Å². The van der Waals surface area contributed by atoms with Gasteiger partial charge >= 0.3 is 0 Å². The fourth-order valence-corrected chi connectivity index (χ4v) is 2.36. The number of rotatable bonds is 2. The van der Waals surface area contributed by atoms with Crippen LogP contribution in [-0.4, -0.2) is 11.9 Å². The third-order valence-corrected chi connectivity index (χ3v) is 3.24. The highest BCUT2D eigenvalue weighted by Gasteiger charge is 2.23. The van der Waals surface area contributed by atoms with Crippen LogP contribution >= 0.6 is 0 Å². The number of Topliss-reactive ketones (excluding diaryl/α,β-unsaturated/α-hetero) is 1. The second kappa shape index (κ2) is 4.21. The van der Waals surface area contributed by atoms with Crippen molar-refractivity contribution in [1.29, 1.82) is 0 Å². The first kappa shape index (κ1) is 10.3. The Hall–Kier alpha value is -1.83. The first-order valence-corrected chi connectivity index (χ1v) is 5.99. The lowest BCUT2D eigenvalue weighted by Crippen LogP contribution is -2.12. The van der Waals surface area contributed by atoms with Crippen molar-refractivity contribution in [2.75, 3.05) is 0 Å². The van der Waals surface area contributed by atoms with E-state index in [1.165, 1.54) is 5.39 Å². The molecule has 2 aromatic carbocycles. The fourth-order valence-electron chi connectivity index (χ4n) is 2.36. The number of hydrogen-bond donors (Lipinski definition) is 0. The van der Waals surface area contributed by atoms with E-state index in [0.29, 0.717) is 18.6 Å². The summed E-state index contributed by atoms with van der Waals surface area (Å²) in [7, 11) is 0. The lowest BCUT2D eigenvalue weighted by Gasteiger charge is -2.14. The highest BCUT2D eigenvalue weighted by atomic mass is 16.5. The molecular weight excluding hydrogens is 212 g/mol. The van der Waals surface area contributed by atoms with E-state index in [2.05, 4.69) is 18.2 Å². The van der Waals surface area contributed by atoms with E-state index in [1.807, 2.05) is 24.3 Å². The van der Waals surface area contributed by atoms with Gasteiger partial charge in [-0.05, 0) is 17.9 Å². The maximum Gasteiger partial charge on any atom is 0.136 e. The van der Waals surface area contributed by atoms with E-state index in [0.717, 1.165) is 17.6 Å². The molecule has 0 heterocycles. The number of ether oxygens (including phenoxy) is 1. The minimum atomic E-state index is 0.0632. The summed E-state index contributed by atoms with van der Waals surface area (Å²) < 4.78 is 5.94. The summed E-state index contributed by atoms with van der Waals surface area (Å²) in [6.45, 7) is 0. The monoisotopic (exact) mass is 226 g/mol. The van der Waals surface area contributed by atoms with E-state index in [-0.39, 0.29) is 6.10 Å². The van der Waals surface area contributed by atoms with Gasteiger partial charge in [0.05, 0.1) is 0 Å². The van der Waals surface area contributed by atoms with Crippen LogP contribution in [0.2, 0.25) is 0 Å². The molecule has 1 unspecified atom stereocenters. The van der Waals surface area contributed by atoms with Gasteiger partial charge in [0.15, 0.2) is 0 Å². The van der Waals surface area contributed by atoms with E-state index in [1.54, 1.807) is 0 Å². The molecule has 0 aromatic heterocycles. The predicted molar refractivity (Wildman–Crippen MR) is 67.2 cm³/mol. The van der Waals surface area contributed by atoms with Crippen LogP contribution in [0.15, 0.2) is 42.5 Å². The van der Waals surface area contributed by atoms with Crippen molar-refractivity contribution in [2.45, 2.75) is 25.4 Å². The van der Waals surface area contributed by atoms with Gasteiger partial charge in [-0.3, -0.25) is 4.79 Å². The summed E-state index contributed by atoms with van der Waals surface area (Å²) in [6.07, 6.45) is 2.13. The molecule has 2 aromatic rings. The zero-order valence-corrected chi connectivity index (χ0v) is 9.56. The highest BCUT2D eigenvalue weighted by molar-refractivity contribution is 5.88. The number of hydrogen-bond acceptors (Lipinski definition) is 2. The summed E-state index contributed by atoms with van der Waals surface area (Å²) in [5.41, 5.74) is 0. The average Bonchev–Trinajstić information content (AvgIpc) is 2.75. The second-order valence-corrected chi connectivity index (χ2v) is 4.50. The first-order chi connectivity index (χ1) is 8.33. The van der Waals surface area contributed by atoms with Crippen molar-refractivity contribution in [3.8, 4) is 5.75 Å². The summed E-state index contributed by atoms with van der Waals surface area (Å²) in [5.74, 6) is 1.21. The highest BCUT2D eigenvalue weighted by Crippen LogP contribution is 2.29. The lowest BCUT2D eigenvalue weighted by molar-refractivity contribution is -0.117. The Labute approximate surface area is 100 Å². The van der Waals surface area contributed by atoms with Gasteiger partial charge in [0.1, 0.15) is 17.6 Å². The third kappa shape index (κ3) is 2.03. The third-order valence-electron chi connectivity index (χ3n) is 3.24. The summed E-state index contributed by atoms with van der Waals surface area (Å²) in [4.78, 5) is 11.2. The van der Waals surface area contributed by atoms with Gasteiger partial charge in [0, 0.05) is 18.2 Å². The smallest absolute Gasteiger partial charge is 0.136 e. The predicted octanol–water partition coefficient (Wildman–Crippen LogP) is 3.34. The quantitative estimate of drug-likeness (QED) is 0.785. The molecule has 1 atom stereocenters. The number of carbonyl (C=O) groups is 1. The van der Waals surface area contributed by atoms with Crippen molar-refractivity contribution >= 4 is 16.6 Å². The second-order valence-electron chi connectivity index (χ2n) is 4.50. The molecule has 0 bridgehead atoms. The molecule has 1 aliphatic carbocycles. The molecule has 0 amide bonds. The summed E-state index contributed by atoms with van der Waals surface area (Å²) in [6, 6.07) is 14.2. The van der Waals surface area contributed by atoms with E-state index < -0.39 is 0 Å². The average molecular weight is 226 g/mol. The molecule has 1 saturated carbocycles. The topological polar surface area (TPSA) is 26.3 Å². The number of fused-ring (bicyclic) bond motifs is 1. The summed E-state index contributed by atoms with van der Waals surface area (Å²) >= 11 is 0. The Balaban J connectivity index is 1.92. The van der Waals surface area contributed by atoms with Crippen LogP contribution in [-0.2, 0) is 4.79 Å². The van der Waals surface area contributed by atoms with Crippen molar-refractivity contribution < 1.29 is 9.53 Å². The molecular formula is C15H14O2. The molecule has 86 valence electrons. The molecule has 0 N–H and O–H groups in total. The molecule has 0 aliphatic heterocycles. The van der Waals surface area contributed by atoms with Gasteiger partial charge in [-0.2, -0.15) is 0 Å². The van der Waals surface area contributed by atoms with Crippen LogP contribution in [0.25, 0.3) is 10.8 Å². The number of benzene rings is 2. The standard InChI is InChI=1S/C15H14O2/c16-12-8-9-13(10-12)17-15-7-3-5-11-4-1-2-6-14(11)15/h1-7,13H,8-10H2. The largest absolute Gasteiger partial charge is 0.489 e. The molecule has 2 nitrogen and oxygen atoms in total. The Bertz CT molecular complexity index is 554. The van der Waals surface area contributed by atoms with Gasteiger partial charge in [-0.25, -0.2) is 0 Å². The maximum absolute atomic E-state index is 11.2. The molecule has 1 fully saturated rings. The van der Waals surface area contributed by atoms with Gasteiger partial charge in [-0.1, -0.05) is 36.4 Å². The van der Waals surface area contributed by atoms with E-state index >= 15 is 0 Å². The minimum Gasteiger partial charge on any atom is -0.489 e. The summed E-state index contributed by atoms with van der Waals surface area (Å²) in [5, 5.41) is 2.30. The Morgan fingerprint density at radius 1 is 1.06 bits per heavy atom. The molecule has 17 heavy (non-hydrogen) atoms. The Morgan fingerprint density at radius 2 is 1.88 bits per heavy atom. The van der Waals surface area contributed by atoms with Crippen LogP contribution in [0, 0.1) is 0 Å². The SMILES string of the molecule is O=C1CCC(Oc2cccc3ccccc23)C1. The van der Waals surface area contributed by atoms with Crippen LogP contribution < -0.4 is 4.74 Å². The molecule has 0 saturated heterocycles. The number of ketones is 1. The van der Waals surface area contributed by atoms with Gasteiger partial charge in [0.2, 0.25) is 0 Å². The lowest BCUT2D eigenvalue weighted by atomic mass is 10.1. The molecule has 0 spiro atoms. The molecule has 3 rings (SSSR count). The van der Waals surface area contributed by atoms with Gasteiger partial charge in [-0.15, -0.1) is 0 Å². The minimum absolute atomic E-state index is 0.0632. The van der Waals surface area contributed by atoms with Crippen molar-refractivity contribution in [1.82, 2.24) is 0 Å². The molecule has 0 radical (unpaired) electrons. The molecule has 1 aliphatic rings. The first-order valence-electron chi connectivity index (χ1n) is 5.99. The zero-order chi connectivity index (χ0) is 11.7. The normalized spacial score (nSPS) is 19.8. The van der Waals surface area contributed by atoms with E-state index in [9.17, 15) is 4.79 Å². The van der Waals surface area contributed by atoms with Crippen molar-refractivity contribution in [3.05, 3.63) is 42.5 Å².